The first-order valence-electron chi connectivity index (χ1n) is 8.93. The number of methoxy groups -OCH3 is 2. The summed E-state index contributed by atoms with van der Waals surface area (Å²) < 4.78 is 16.4. The normalized spacial score (nSPS) is 10.6. The zero-order valence-electron chi connectivity index (χ0n) is 16.8. The van der Waals surface area contributed by atoms with Gasteiger partial charge in [0, 0.05) is 43.5 Å². The van der Waals surface area contributed by atoms with E-state index < -0.39 is 0 Å². The maximum atomic E-state index is 5.69. The van der Waals surface area contributed by atoms with Gasteiger partial charge in [-0.25, -0.2) is 4.98 Å². The van der Waals surface area contributed by atoms with Crippen LogP contribution in [0.4, 0.5) is 0 Å². The SMILES string of the molecule is CCCOc1ncccc1CNC(=NC)NCc1ccc(OC)cc1OC.I. The molecule has 0 unspecified atom stereocenters. The average molecular weight is 500 g/mol. The van der Waals surface area contributed by atoms with Crippen LogP contribution in [0.1, 0.15) is 24.5 Å². The second kappa shape index (κ2) is 13.0. The van der Waals surface area contributed by atoms with Gasteiger partial charge in [0.25, 0.3) is 0 Å². The minimum Gasteiger partial charge on any atom is -0.497 e. The molecule has 7 nitrogen and oxygen atoms in total. The van der Waals surface area contributed by atoms with Crippen LogP contribution in [0.25, 0.3) is 0 Å². The van der Waals surface area contributed by atoms with Crippen molar-refractivity contribution in [3.05, 3.63) is 47.7 Å². The third-order valence-electron chi connectivity index (χ3n) is 3.90. The molecule has 0 bridgehead atoms. The molecule has 1 aromatic heterocycles. The third kappa shape index (κ3) is 7.06. The molecule has 0 fully saturated rings. The van der Waals surface area contributed by atoms with Crippen LogP contribution in [-0.2, 0) is 13.1 Å². The van der Waals surface area contributed by atoms with E-state index in [9.17, 15) is 0 Å². The maximum absolute atomic E-state index is 5.69. The number of aromatic nitrogens is 1. The van der Waals surface area contributed by atoms with Gasteiger partial charge in [-0.15, -0.1) is 24.0 Å². The van der Waals surface area contributed by atoms with Gasteiger partial charge in [-0.2, -0.15) is 0 Å². The summed E-state index contributed by atoms with van der Waals surface area (Å²) in [6.45, 7) is 3.85. The molecule has 154 valence electrons. The monoisotopic (exact) mass is 500 g/mol. The number of pyridine rings is 1. The van der Waals surface area contributed by atoms with E-state index in [0.29, 0.717) is 31.5 Å². The highest BCUT2D eigenvalue weighted by Gasteiger charge is 2.08. The fraction of sp³-hybridized carbons (Fsp3) is 0.400. The lowest BCUT2D eigenvalue weighted by Crippen LogP contribution is -2.36. The molecule has 0 amide bonds. The Hall–Kier alpha value is -2.23. The van der Waals surface area contributed by atoms with Gasteiger partial charge >= 0.3 is 0 Å². The Labute approximate surface area is 183 Å². The Bertz CT molecular complexity index is 756. The van der Waals surface area contributed by atoms with Crippen LogP contribution in [0.3, 0.4) is 0 Å². The Morgan fingerprint density at radius 2 is 1.82 bits per heavy atom. The van der Waals surface area contributed by atoms with E-state index in [4.69, 9.17) is 14.2 Å². The molecule has 1 aromatic carbocycles. The number of halogens is 1. The molecule has 1 heterocycles. The molecular weight excluding hydrogens is 471 g/mol. The summed E-state index contributed by atoms with van der Waals surface area (Å²) in [4.78, 5) is 8.57. The molecule has 0 aliphatic rings. The molecule has 2 N–H and O–H groups in total. The fourth-order valence-electron chi connectivity index (χ4n) is 2.46. The molecule has 8 heteroatoms. The number of nitrogens with one attached hydrogen (secondary N) is 2. The van der Waals surface area contributed by atoms with Crippen LogP contribution in [0.15, 0.2) is 41.5 Å². The largest absolute Gasteiger partial charge is 0.497 e. The van der Waals surface area contributed by atoms with E-state index in [0.717, 1.165) is 29.0 Å². The smallest absolute Gasteiger partial charge is 0.218 e. The predicted molar refractivity (Wildman–Crippen MR) is 122 cm³/mol. The van der Waals surface area contributed by atoms with Crippen LogP contribution in [-0.4, -0.2) is 38.8 Å². The van der Waals surface area contributed by atoms with Gasteiger partial charge in [-0.1, -0.05) is 13.0 Å². The van der Waals surface area contributed by atoms with Crippen molar-refractivity contribution in [3.8, 4) is 17.4 Å². The van der Waals surface area contributed by atoms with Gasteiger partial charge in [0.15, 0.2) is 5.96 Å². The Balaban J connectivity index is 0.00000392. The number of aliphatic imine (C=N–C) groups is 1. The summed E-state index contributed by atoms with van der Waals surface area (Å²) in [6.07, 6.45) is 2.67. The Kier molecular flexibility index (Phi) is 11.1. The second-order valence-electron chi connectivity index (χ2n) is 5.77. The van der Waals surface area contributed by atoms with Crippen molar-refractivity contribution in [2.75, 3.05) is 27.9 Å². The zero-order chi connectivity index (χ0) is 19.5. The van der Waals surface area contributed by atoms with Gasteiger partial charge in [-0.3, -0.25) is 4.99 Å². The number of nitrogens with zero attached hydrogens (tertiary/aromatic N) is 2. The first kappa shape index (κ1) is 23.8. The highest BCUT2D eigenvalue weighted by Crippen LogP contribution is 2.24. The molecule has 2 rings (SSSR count). The van der Waals surface area contributed by atoms with Crippen LogP contribution in [0.2, 0.25) is 0 Å². The van der Waals surface area contributed by atoms with Crippen LogP contribution >= 0.6 is 24.0 Å². The van der Waals surface area contributed by atoms with Crippen LogP contribution < -0.4 is 24.8 Å². The van der Waals surface area contributed by atoms with E-state index in [1.165, 1.54) is 0 Å². The number of ether oxygens (including phenoxy) is 3. The molecule has 0 aliphatic heterocycles. The van der Waals surface area contributed by atoms with Gasteiger partial charge in [-0.05, 0) is 24.6 Å². The molecule has 0 atom stereocenters. The number of benzene rings is 1. The van der Waals surface area contributed by atoms with Crippen molar-refractivity contribution in [2.24, 2.45) is 4.99 Å². The van der Waals surface area contributed by atoms with Crippen molar-refractivity contribution >= 4 is 29.9 Å². The van der Waals surface area contributed by atoms with Gasteiger partial charge in [0.1, 0.15) is 11.5 Å². The average Bonchev–Trinajstić information content (AvgIpc) is 2.72. The molecule has 0 aliphatic carbocycles. The van der Waals surface area contributed by atoms with E-state index in [2.05, 4.69) is 27.5 Å². The van der Waals surface area contributed by atoms with Crippen LogP contribution in [0.5, 0.6) is 17.4 Å². The summed E-state index contributed by atoms with van der Waals surface area (Å²) in [5.41, 5.74) is 1.99. The van der Waals surface area contributed by atoms with Crippen molar-refractivity contribution in [2.45, 2.75) is 26.4 Å². The molecular formula is C20H29IN4O3. The van der Waals surface area contributed by atoms with Crippen molar-refractivity contribution in [1.29, 1.82) is 0 Å². The quantitative estimate of drug-likeness (QED) is 0.313. The van der Waals surface area contributed by atoms with Gasteiger partial charge < -0.3 is 24.8 Å². The van der Waals surface area contributed by atoms with Crippen molar-refractivity contribution in [1.82, 2.24) is 15.6 Å². The highest BCUT2D eigenvalue weighted by molar-refractivity contribution is 14.0. The highest BCUT2D eigenvalue weighted by atomic mass is 127. The second-order valence-corrected chi connectivity index (χ2v) is 5.77. The van der Waals surface area contributed by atoms with Crippen molar-refractivity contribution in [3.63, 3.8) is 0 Å². The van der Waals surface area contributed by atoms with E-state index in [1.54, 1.807) is 27.5 Å². The summed E-state index contributed by atoms with van der Waals surface area (Å²) in [7, 11) is 5.01. The molecule has 0 saturated carbocycles. The minimum absolute atomic E-state index is 0. The number of guanidine groups is 1. The predicted octanol–water partition coefficient (Wildman–Crippen LogP) is 3.37. The van der Waals surface area contributed by atoms with Gasteiger partial charge in [0.05, 0.1) is 20.8 Å². The summed E-state index contributed by atoms with van der Waals surface area (Å²) >= 11 is 0. The summed E-state index contributed by atoms with van der Waals surface area (Å²) in [6, 6.07) is 9.62. The molecule has 0 radical (unpaired) electrons. The van der Waals surface area contributed by atoms with Crippen molar-refractivity contribution < 1.29 is 14.2 Å². The zero-order valence-corrected chi connectivity index (χ0v) is 19.2. The number of hydrogen-bond donors (Lipinski definition) is 2. The Morgan fingerprint density at radius 1 is 1.07 bits per heavy atom. The molecule has 0 saturated heterocycles. The molecule has 0 spiro atoms. The van der Waals surface area contributed by atoms with E-state index in [1.807, 2.05) is 30.3 Å². The first-order chi connectivity index (χ1) is 13.2. The minimum atomic E-state index is 0. The molecule has 28 heavy (non-hydrogen) atoms. The lowest BCUT2D eigenvalue weighted by molar-refractivity contribution is 0.301. The fourth-order valence-corrected chi connectivity index (χ4v) is 2.46. The maximum Gasteiger partial charge on any atom is 0.218 e. The number of hydrogen-bond acceptors (Lipinski definition) is 5. The lowest BCUT2D eigenvalue weighted by atomic mass is 10.2. The first-order valence-corrected chi connectivity index (χ1v) is 8.93. The molecule has 2 aromatic rings. The topological polar surface area (TPSA) is 77.0 Å². The summed E-state index contributed by atoms with van der Waals surface area (Å²) in [5.74, 6) is 2.85. The van der Waals surface area contributed by atoms with E-state index in [-0.39, 0.29) is 24.0 Å². The standard InChI is InChI=1S/C20H28N4O3.HI/c1-5-11-27-19-16(7-6-10-22-19)14-24-20(21-2)23-13-15-8-9-17(25-3)12-18(15)26-4;/h6-10,12H,5,11,13-14H2,1-4H3,(H2,21,23,24);1H. The van der Waals surface area contributed by atoms with Crippen LogP contribution in [0, 0.1) is 0 Å². The number of rotatable bonds is 9. The Morgan fingerprint density at radius 3 is 2.46 bits per heavy atom. The van der Waals surface area contributed by atoms with E-state index >= 15 is 0 Å². The summed E-state index contributed by atoms with van der Waals surface area (Å²) in [5, 5.41) is 6.57. The lowest BCUT2D eigenvalue weighted by Gasteiger charge is -2.15. The third-order valence-corrected chi connectivity index (χ3v) is 3.90. The van der Waals surface area contributed by atoms with Gasteiger partial charge in [0.2, 0.25) is 5.88 Å².